The minimum absolute atomic E-state index is 0. The van der Waals surface area contributed by atoms with Gasteiger partial charge >= 0.3 is 11.9 Å². The Hall–Kier alpha value is -1.30. The fourth-order valence-corrected chi connectivity index (χ4v) is 17.9. The summed E-state index contributed by atoms with van der Waals surface area (Å²) in [6.07, 6.45) is 88.0. The molecular weight excluding hydrogens is 1310 g/mol. The number of esters is 2. The SMILES string of the molecule is C.CCC(CC)(CO)COCC(CC)(CO)CO.CCCCCCCCCC1CCC(CCCCCC)C(CCCCC)C1CCCCCCCCCCCO.CCCCCCCCCC1CCC(CCCCCC)C(CCCCCC)C1CCCCCCCCCCO.COC(=O)CCCCC(=O)OC. The average Bonchev–Trinajstić information content (AvgIpc) is 0.824. The van der Waals surface area contributed by atoms with Gasteiger partial charge in [0.1, 0.15) is 0 Å². The molecule has 2 saturated carbocycles. The second kappa shape index (κ2) is 81.7. The van der Waals surface area contributed by atoms with Crippen molar-refractivity contribution in [3.05, 3.63) is 0 Å². The highest BCUT2D eigenvalue weighted by Crippen LogP contribution is 2.50. The molecule has 0 bridgehead atoms. The van der Waals surface area contributed by atoms with E-state index in [4.69, 9.17) is 14.9 Å². The molecule has 0 heterocycles. The molecule has 8 atom stereocenters. The molecule has 2 fully saturated rings. The third-order valence-electron chi connectivity index (χ3n) is 25.8. The third kappa shape index (κ3) is 59.4. The number of carbonyl (C=O) groups is 2. The van der Waals surface area contributed by atoms with E-state index < -0.39 is 5.41 Å². The predicted molar refractivity (Wildman–Crippen MR) is 461 cm³/mol. The van der Waals surface area contributed by atoms with Crippen molar-refractivity contribution in [2.45, 2.75) is 487 Å². The highest BCUT2D eigenvalue weighted by molar-refractivity contribution is 5.70. The summed E-state index contributed by atoms with van der Waals surface area (Å²) in [6.45, 7) is 21.6. The van der Waals surface area contributed by atoms with E-state index in [0.717, 1.165) is 73.0 Å². The number of carbonyl (C=O) groups excluding carboxylic acids is 2. The highest BCUT2D eigenvalue weighted by atomic mass is 16.5. The first-order valence-electron chi connectivity index (χ1n) is 47.1. The van der Waals surface area contributed by atoms with Crippen LogP contribution in [-0.4, -0.2) is 97.9 Å². The van der Waals surface area contributed by atoms with Crippen molar-refractivity contribution < 1.29 is 49.3 Å². The lowest BCUT2D eigenvalue weighted by Gasteiger charge is -2.44. The van der Waals surface area contributed by atoms with Crippen LogP contribution in [0.2, 0.25) is 0 Å². The van der Waals surface area contributed by atoms with Crippen LogP contribution in [0.4, 0.5) is 0 Å². The fourth-order valence-electron chi connectivity index (χ4n) is 17.9. The van der Waals surface area contributed by atoms with Crippen LogP contribution in [0.3, 0.4) is 0 Å². The lowest BCUT2D eigenvalue weighted by molar-refractivity contribution is -0.142. The smallest absolute Gasteiger partial charge is 0.305 e. The summed E-state index contributed by atoms with van der Waals surface area (Å²) in [5, 5.41) is 45.9. The monoisotopic (exact) mass is 1510 g/mol. The van der Waals surface area contributed by atoms with Gasteiger partial charge in [0, 0.05) is 36.9 Å². The number of methoxy groups -OCH3 is 2. The largest absolute Gasteiger partial charge is 0.469 e. The van der Waals surface area contributed by atoms with Crippen LogP contribution in [0.5, 0.6) is 0 Å². The molecule has 0 aliphatic heterocycles. The Balaban J connectivity index is -0.00000146. The number of hydrogen-bond donors (Lipinski definition) is 5. The van der Waals surface area contributed by atoms with Crippen LogP contribution >= 0.6 is 0 Å². The Labute approximate surface area is 663 Å². The number of aliphatic hydroxyl groups is 5. The first kappa shape index (κ1) is 109. The molecule has 0 aromatic rings. The number of rotatable bonds is 71. The molecule has 5 N–H and O–H groups in total. The van der Waals surface area contributed by atoms with E-state index in [0.29, 0.717) is 58.5 Å². The minimum atomic E-state index is -0.553. The van der Waals surface area contributed by atoms with Gasteiger partial charge in [0.2, 0.25) is 0 Å². The normalized spacial score (nSPS) is 18.8. The molecule has 0 radical (unpaired) electrons. The summed E-state index contributed by atoms with van der Waals surface area (Å²) in [4.78, 5) is 21.2. The van der Waals surface area contributed by atoms with E-state index >= 15 is 0 Å². The minimum Gasteiger partial charge on any atom is -0.469 e. The van der Waals surface area contributed by atoms with Crippen LogP contribution in [0.1, 0.15) is 487 Å². The topological polar surface area (TPSA) is 163 Å². The van der Waals surface area contributed by atoms with Crippen molar-refractivity contribution in [3.63, 3.8) is 0 Å². The lowest BCUT2D eigenvalue weighted by atomic mass is 9.61. The predicted octanol–water partition coefficient (Wildman–Crippen LogP) is 28.4. The van der Waals surface area contributed by atoms with Gasteiger partial charge in [-0.25, -0.2) is 0 Å². The van der Waals surface area contributed by atoms with Crippen molar-refractivity contribution in [1.29, 1.82) is 0 Å². The van der Waals surface area contributed by atoms with E-state index in [1.165, 1.54) is 329 Å². The molecule has 10 nitrogen and oxygen atoms in total. The Morgan fingerprint density at radius 2 is 0.472 bits per heavy atom. The molecule has 0 spiro atoms. The van der Waals surface area contributed by atoms with E-state index in [-0.39, 0.29) is 44.6 Å². The molecule has 8 unspecified atom stereocenters. The van der Waals surface area contributed by atoms with Crippen molar-refractivity contribution in [1.82, 2.24) is 0 Å². The molecular formula is C96H194O10. The quantitative estimate of drug-likeness (QED) is 0.0293. The standard InChI is InChI=1S/2C37H74O.C13H28O4.C8H14O4.CH4/c1-4-7-10-12-16-19-24-28-35-32-31-34(27-23-11-8-5-2)36(29-22-9-6-3)37(35)30-25-20-17-14-13-15-18-21-26-33-38;1-4-7-10-13-16-19-23-28-35-32-31-34(27-22-11-8-5-2)36(29-24-12-9-6-3)37(35)30-25-20-17-14-15-18-21-26-33-38;1-4-12(5-2,7-14)10-17-11-13(6-3,8-15)9-16;1-11-7(9)5-3-4-6-8(10)12-2;/h2*34-38H,4-33H2,1-3H3;14-16H,4-11H2,1-3H3;3-6H2,1-2H3;1H4. The zero-order valence-corrected chi connectivity index (χ0v) is 72.8. The summed E-state index contributed by atoms with van der Waals surface area (Å²) < 4.78 is 14.5. The molecule has 2 aliphatic rings. The molecule has 0 saturated heterocycles. The summed E-state index contributed by atoms with van der Waals surface area (Å²) in [5.74, 6) is 7.82. The van der Waals surface area contributed by atoms with Crippen LogP contribution in [0.15, 0.2) is 0 Å². The van der Waals surface area contributed by atoms with Gasteiger partial charge in [-0.05, 0) is 144 Å². The van der Waals surface area contributed by atoms with Crippen molar-refractivity contribution in [2.24, 2.45) is 58.2 Å². The fraction of sp³-hybridized carbons (Fsp3) is 0.979. The Kier molecular flexibility index (Phi) is 83.9. The number of hydrogen-bond acceptors (Lipinski definition) is 10. The molecule has 10 heteroatoms. The number of aliphatic hydroxyl groups excluding tert-OH is 5. The summed E-state index contributed by atoms with van der Waals surface area (Å²) in [7, 11) is 2.70. The maximum Gasteiger partial charge on any atom is 0.305 e. The van der Waals surface area contributed by atoms with Gasteiger partial charge in [0.05, 0.1) is 47.3 Å². The first-order valence-corrected chi connectivity index (χ1v) is 47.1. The van der Waals surface area contributed by atoms with Gasteiger partial charge in [-0.15, -0.1) is 0 Å². The molecule has 0 aromatic carbocycles. The molecule has 0 amide bonds. The Morgan fingerprint density at radius 3 is 0.698 bits per heavy atom. The lowest BCUT2D eigenvalue weighted by Crippen LogP contribution is -2.37. The van der Waals surface area contributed by atoms with Crippen molar-refractivity contribution in [3.8, 4) is 0 Å². The summed E-state index contributed by atoms with van der Waals surface area (Å²) in [5.41, 5.74) is -0.743. The molecule has 2 aliphatic carbocycles. The maximum absolute atomic E-state index is 10.6. The van der Waals surface area contributed by atoms with E-state index in [9.17, 15) is 24.9 Å². The summed E-state index contributed by atoms with van der Waals surface area (Å²) in [6, 6.07) is 0. The van der Waals surface area contributed by atoms with E-state index in [2.05, 4.69) is 51.0 Å². The molecule has 2 rings (SSSR count). The zero-order chi connectivity index (χ0) is 77.8. The van der Waals surface area contributed by atoms with Crippen molar-refractivity contribution >= 4 is 11.9 Å². The molecule has 638 valence electrons. The highest BCUT2D eigenvalue weighted by Gasteiger charge is 2.40. The van der Waals surface area contributed by atoms with Gasteiger partial charge in [-0.1, -0.05) is 378 Å². The number of ether oxygens (including phenoxy) is 3. The van der Waals surface area contributed by atoms with Gasteiger partial charge in [-0.3, -0.25) is 9.59 Å². The van der Waals surface area contributed by atoms with Crippen LogP contribution in [-0.2, 0) is 23.8 Å². The van der Waals surface area contributed by atoms with E-state index in [1.807, 2.05) is 20.8 Å². The van der Waals surface area contributed by atoms with E-state index in [1.54, 1.807) is 44.9 Å². The second-order valence-electron chi connectivity index (χ2n) is 34.1. The maximum atomic E-state index is 10.6. The molecule has 0 aromatic heterocycles. The van der Waals surface area contributed by atoms with Crippen molar-refractivity contribution in [2.75, 3.05) is 60.5 Å². The molecule has 106 heavy (non-hydrogen) atoms. The van der Waals surface area contributed by atoms with Gasteiger partial charge in [0.25, 0.3) is 0 Å². The zero-order valence-electron chi connectivity index (χ0n) is 72.8. The third-order valence-corrected chi connectivity index (χ3v) is 25.8. The van der Waals surface area contributed by atoms with Crippen LogP contribution < -0.4 is 0 Å². The number of unbranched alkanes of at least 4 members (excludes halogenated alkanes) is 39. The Bertz CT molecular complexity index is 1680. The van der Waals surface area contributed by atoms with Crippen LogP contribution in [0, 0.1) is 58.2 Å². The van der Waals surface area contributed by atoms with Gasteiger partial charge < -0.3 is 39.7 Å². The average molecular weight is 1510 g/mol. The first-order chi connectivity index (χ1) is 51.3. The summed E-state index contributed by atoms with van der Waals surface area (Å²) >= 11 is 0. The second-order valence-corrected chi connectivity index (χ2v) is 34.1. The van der Waals surface area contributed by atoms with Gasteiger partial charge in [-0.2, -0.15) is 0 Å². The van der Waals surface area contributed by atoms with Crippen LogP contribution in [0.25, 0.3) is 0 Å². The van der Waals surface area contributed by atoms with Gasteiger partial charge in [0.15, 0.2) is 0 Å². The Morgan fingerprint density at radius 1 is 0.274 bits per heavy atom.